The molecule has 0 saturated carbocycles. The van der Waals surface area contributed by atoms with Gasteiger partial charge in [0, 0.05) is 6.54 Å². The lowest BCUT2D eigenvalue weighted by Crippen LogP contribution is -2.06. The average Bonchev–Trinajstić information content (AvgIpc) is 2.47. The van der Waals surface area contributed by atoms with Gasteiger partial charge in [0.05, 0.1) is 16.9 Å². The number of carboxylic acid groups (broad SMARTS) is 1. The first-order valence-electron chi connectivity index (χ1n) is 6.06. The highest BCUT2D eigenvalue weighted by Crippen LogP contribution is 2.23. The van der Waals surface area contributed by atoms with Crippen molar-refractivity contribution in [3.63, 3.8) is 0 Å². The van der Waals surface area contributed by atoms with Crippen LogP contribution in [-0.4, -0.2) is 17.5 Å². The summed E-state index contributed by atoms with van der Waals surface area (Å²) in [6.45, 7) is 0.584. The third kappa shape index (κ3) is 3.35. The van der Waals surface area contributed by atoms with Crippen LogP contribution in [0, 0.1) is 0 Å². The van der Waals surface area contributed by atoms with E-state index in [-0.39, 0.29) is 5.56 Å². The number of carboxylic acids is 1. The Bertz CT molecular complexity index is 612. The number of carbonyl (C=O) groups excluding carboxylic acids is 1. The Labute approximate surface area is 116 Å². The van der Waals surface area contributed by atoms with Crippen molar-refractivity contribution in [3.8, 4) is 0 Å². The van der Waals surface area contributed by atoms with E-state index in [0.29, 0.717) is 24.3 Å². The number of aromatic carboxylic acids is 1. The number of hydrogen-bond acceptors (Lipinski definition) is 3. The van der Waals surface area contributed by atoms with Crippen molar-refractivity contribution >= 4 is 23.8 Å². The van der Waals surface area contributed by atoms with Crippen LogP contribution in [0.5, 0.6) is 0 Å². The van der Waals surface area contributed by atoms with Crippen LogP contribution in [0.3, 0.4) is 0 Å². The average molecular weight is 270 g/mol. The molecule has 3 N–H and O–H groups in total. The zero-order valence-corrected chi connectivity index (χ0v) is 10.7. The fourth-order valence-corrected chi connectivity index (χ4v) is 1.81. The van der Waals surface area contributed by atoms with Crippen molar-refractivity contribution in [2.75, 3.05) is 10.6 Å². The lowest BCUT2D eigenvalue weighted by Gasteiger charge is -2.12. The Hall–Kier alpha value is -2.82. The fraction of sp³-hybridized carbons (Fsp3) is 0.0667. The SMILES string of the molecule is O=CNc1cc(C(=O)O)ccc1NCc1ccccc1. The minimum absolute atomic E-state index is 0.125. The quantitative estimate of drug-likeness (QED) is 0.705. The maximum absolute atomic E-state index is 10.9. The Morgan fingerprint density at radius 2 is 1.85 bits per heavy atom. The van der Waals surface area contributed by atoms with Crippen molar-refractivity contribution in [2.24, 2.45) is 0 Å². The summed E-state index contributed by atoms with van der Waals surface area (Å²) >= 11 is 0. The van der Waals surface area contributed by atoms with Crippen LogP contribution in [0.1, 0.15) is 15.9 Å². The molecule has 0 aromatic heterocycles. The van der Waals surface area contributed by atoms with Crippen LogP contribution < -0.4 is 10.6 Å². The highest BCUT2D eigenvalue weighted by molar-refractivity contribution is 5.92. The fourth-order valence-electron chi connectivity index (χ4n) is 1.81. The van der Waals surface area contributed by atoms with E-state index in [1.807, 2.05) is 30.3 Å². The molecule has 0 unspecified atom stereocenters. The lowest BCUT2D eigenvalue weighted by molar-refractivity contribution is -0.105. The summed E-state index contributed by atoms with van der Waals surface area (Å²) < 4.78 is 0. The van der Waals surface area contributed by atoms with Crippen LogP contribution in [0.2, 0.25) is 0 Å². The molecule has 20 heavy (non-hydrogen) atoms. The Morgan fingerprint density at radius 3 is 2.50 bits per heavy atom. The molecule has 0 heterocycles. The van der Waals surface area contributed by atoms with E-state index in [4.69, 9.17) is 5.11 Å². The maximum Gasteiger partial charge on any atom is 0.335 e. The van der Waals surface area contributed by atoms with E-state index in [1.54, 1.807) is 6.07 Å². The van der Waals surface area contributed by atoms with Crippen LogP contribution in [0.25, 0.3) is 0 Å². The van der Waals surface area contributed by atoms with Gasteiger partial charge in [-0.05, 0) is 23.8 Å². The van der Waals surface area contributed by atoms with Crippen molar-refractivity contribution in [1.29, 1.82) is 0 Å². The molecule has 0 fully saturated rings. The van der Waals surface area contributed by atoms with Gasteiger partial charge >= 0.3 is 5.97 Å². The molecule has 0 aliphatic carbocycles. The molecule has 2 rings (SSSR count). The predicted octanol–water partition coefficient (Wildman–Crippen LogP) is 2.57. The summed E-state index contributed by atoms with van der Waals surface area (Å²) in [5, 5.41) is 14.6. The molecular formula is C15H14N2O3. The van der Waals surface area contributed by atoms with Crippen molar-refractivity contribution in [3.05, 3.63) is 59.7 Å². The first kappa shape index (κ1) is 13.6. The molecule has 0 bridgehead atoms. The van der Waals surface area contributed by atoms with Crippen molar-refractivity contribution < 1.29 is 14.7 Å². The minimum atomic E-state index is -1.03. The Morgan fingerprint density at radius 1 is 1.10 bits per heavy atom. The molecule has 2 aromatic rings. The van der Waals surface area contributed by atoms with E-state index < -0.39 is 5.97 Å². The number of rotatable bonds is 6. The molecule has 0 saturated heterocycles. The van der Waals surface area contributed by atoms with Crippen molar-refractivity contribution in [1.82, 2.24) is 0 Å². The zero-order chi connectivity index (χ0) is 14.4. The highest BCUT2D eigenvalue weighted by Gasteiger charge is 2.08. The number of anilines is 2. The number of carbonyl (C=O) groups is 2. The number of benzene rings is 2. The van der Waals surface area contributed by atoms with Gasteiger partial charge in [0.1, 0.15) is 0 Å². The van der Waals surface area contributed by atoms with E-state index in [9.17, 15) is 9.59 Å². The second-order valence-corrected chi connectivity index (χ2v) is 4.17. The van der Waals surface area contributed by atoms with E-state index in [0.717, 1.165) is 5.56 Å². The second kappa shape index (κ2) is 6.38. The summed E-state index contributed by atoms with van der Waals surface area (Å²) in [5.41, 5.74) is 2.33. The second-order valence-electron chi connectivity index (χ2n) is 4.17. The molecule has 0 spiro atoms. The van der Waals surface area contributed by atoms with Crippen LogP contribution in [-0.2, 0) is 11.3 Å². The summed E-state index contributed by atoms with van der Waals surface area (Å²) in [4.78, 5) is 21.5. The smallest absolute Gasteiger partial charge is 0.335 e. The zero-order valence-electron chi connectivity index (χ0n) is 10.7. The first-order chi connectivity index (χ1) is 9.70. The van der Waals surface area contributed by atoms with Gasteiger partial charge in [0.15, 0.2) is 0 Å². The molecule has 0 aliphatic rings. The molecule has 5 heteroatoms. The normalized spacial score (nSPS) is 9.80. The van der Waals surface area contributed by atoms with Crippen LogP contribution in [0.4, 0.5) is 11.4 Å². The van der Waals surface area contributed by atoms with E-state index >= 15 is 0 Å². The highest BCUT2D eigenvalue weighted by atomic mass is 16.4. The van der Waals surface area contributed by atoms with Crippen LogP contribution in [0.15, 0.2) is 48.5 Å². The van der Waals surface area contributed by atoms with Gasteiger partial charge < -0.3 is 15.7 Å². The monoisotopic (exact) mass is 270 g/mol. The predicted molar refractivity (Wildman–Crippen MR) is 76.9 cm³/mol. The van der Waals surface area contributed by atoms with Crippen LogP contribution >= 0.6 is 0 Å². The van der Waals surface area contributed by atoms with Gasteiger partial charge in [-0.25, -0.2) is 4.79 Å². The maximum atomic E-state index is 10.9. The van der Waals surface area contributed by atoms with E-state index in [1.165, 1.54) is 12.1 Å². The number of hydrogen-bond donors (Lipinski definition) is 3. The summed E-state index contributed by atoms with van der Waals surface area (Å²) in [6.07, 6.45) is 0.522. The topological polar surface area (TPSA) is 78.4 Å². The molecular weight excluding hydrogens is 256 g/mol. The Kier molecular flexibility index (Phi) is 4.34. The summed E-state index contributed by atoms with van der Waals surface area (Å²) in [6, 6.07) is 14.3. The molecule has 5 nitrogen and oxygen atoms in total. The third-order valence-corrected chi connectivity index (χ3v) is 2.81. The largest absolute Gasteiger partial charge is 0.478 e. The van der Waals surface area contributed by atoms with Gasteiger partial charge in [-0.2, -0.15) is 0 Å². The first-order valence-corrected chi connectivity index (χ1v) is 6.06. The third-order valence-electron chi connectivity index (χ3n) is 2.81. The standard InChI is InChI=1S/C15H14N2O3/c18-10-17-14-8-12(15(19)20)6-7-13(14)16-9-11-4-2-1-3-5-11/h1-8,10,16H,9H2,(H,17,18)(H,19,20). The number of amides is 1. The van der Waals surface area contributed by atoms with Gasteiger partial charge in [0.2, 0.25) is 6.41 Å². The molecule has 0 radical (unpaired) electrons. The molecule has 2 aromatic carbocycles. The van der Waals surface area contributed by atoms with Gasteiger partial charge in [-0.3, -0.25) is 4.79 Å². The summed E-state index contributed by atoms with van der Waals surface area (Å²) in [5.74, 6) is -1.03. The van der Waals surface area contributed by atoms with Gasteiger partial charge in [-0.15, -0.1) is 0 Å². The molecule has 1 amide bonds. The van der Waals surface area contributed by atoms with Gasteiger partial charge in [-0.1, -0.05) is 30.3 Å². The summed E-state index contributed by atoms with van der Waals surface area (Å²) in [7, 11) is 0. The molecule has 0 atom stereocenters. The minimum Gasteiger partial charge on any atom is -0.478 e. The molecule has 102 valence electrons. The van der Waals surface area contributed by atoms with Crippen molar-refractivity contribution in [2.45, 2.75) is 6.54 Å². The van der Waals surface area contributed by atoms with Gasteiger partial charge in [0.25, 0.3) is 0 Å². The van der Waals surface area contributed by atoms with E-state index in [2.05, 4.69) is 10.6 Å². The Balaban J connectivity index is 2.18. The number of nitrogens with one attached hydrogen (secondary N) is 2. The molecule has 0 aliphatic heterocycles. The lowest BCUT2D eigenvalue weighted by atomic mass is 10.1.